The van der Waals surface area contributed by atoms with Gasteiger partial charge in [0.05, 0.1) is 18.2 Å². The molecular formula is C15H20N2O. The maximum absolute atomic E-state index is 8.78. The highest BCUT2D eigenvalue weighted by atomic mass is 16.5. The van der Waals surface area contributed by atoms with Crippen LogP contribution in [-0.4, -0.2) is 25.8 Å². The van der Waals surface area contributed by atoms with E-state index in [0.717, 1.165) is 38.2 Å². The summed E-state index contributed by atoms with van der Waals surface area (Å²) in [4.78, 5) is 0. The smallest absolute Gasteiger partial charge is 0.0991 e. The van der Waals surface area contributed by atoms with Crippen LogP contribution in [0, 0.1) is 17.2 Å². The fourth-order valence-corrected chi connectivity index (χ4v) is 2.55. The van der Waals surface area contributed by atoms with Gasteiger partial charge < -0.3 is 10.1 Å². The Labute approximate surface area is 109 Å². The van der Waals surface area contributed by atoms with Crippen molar-refractivity contribution in [3.8, 4) is 6.07 Å². The quantitative estimate of drug-likeness (QED) is 0.882. The first-order valence-corrected chi connectivity index (χ1v) is 6.63. The van der Waals surface area contributed by atoms with E-state index in [2.05, 4.69) is 30.4 Å². The summed E-state index contributed by atoms with van der Waals surface area (Å²) in [5.41, 5.74) is 2.01. The maximum Gasteiger partial charge on any atom is 0.0991 e. The van der Waals surface area contributed by atoms with E-state index in [4.69, 9.17) is 10.00 Å². The minimum absolute atomic E-state index is 0.534. The van der Waals surface area contributed by atoms with Gasteiger partial charge in [0, 0.05) is 18.6 Å². The van der Waals surface area contributed by atoms with Gasteiger partial charge in [0.1, 0.15) is 0 Å². The predicted molar refractivity (Wildman–Crippen MR) is 71.3 cm³/mol. The molecule has 1 aromatic rings. The van der Waals surface area contributed by atoms with Crippen molar-refractivity contribution in [2.75, 3.05) is 19.8 Å². The fourth-order valence-electron chi connectivity index (χ4n) is 2.55. The Hall–Kier alpha value is -1.37. The molecule has 0 aliphatic carbocycles. The number of nitrogens with zero attached hydrogens (tertiary/aromatic N) is 1. The molecule has 0 bridgehead atoms. The van der Waals surface area contributed by atoms with Gasteiger partial charge in [-0.3, -0.25) is 0 Å². The molecule has 2 unspecified atom stereocenters. The van der Waals surface area contributed by atoms with Gasteiger partial charge in [0.2, 0.25) is 0 Å². The normalized spacial score (nSPS) is 23.6. The van der Waals surface area contributed by atoms with E-state index >= 15 is 0 Å². The number of benzene rings is 1. The Balaban J connectivity index is 1.99. The Kier molecular flexibility index (Phi) is 4.74. The average Bonchev–Trinajstić information content (AvgIpc) is 2.42. The summed E-state index contributed by atoms with van der Waals surface area (Å²) in [5, 5.41) is 12.3. The van der Waals surface area contributed by atoms with Crippen LogP contribution in [0.5, 0.6) is 0 Å². The molecule has 1 aromatic carbocycles. The molecule has 1 aliphatic heterocycles. The number of hydrogen-bond donors (Lipinski definition) is 1. The van der Waals surface area contributed by atoms with E-state index in [9.17, 15) is 0 Å². The van der Waals surface area contributed by atoms with Crippen LogP contribution in [0.15, 0.2) is 24.3 Å². The molecular weight excluding hydrogens is 224 g/mol. The predicted octanol–water partition coefficient (Wildman–Crippen LogP) is 2.12. The summed E-state index contributed by atoms with van der Waals surface area (Å²) >= 11 is 0. The van der Waals surface area contributed by atoms with E-state index in [0.29, 0.717) is 12.0 Å². The van der Waals surface area contributed by atoms with Crippen molar-refractivity contribution in [1.29, 1.82) is 5.26 Å². The third kappa shape index (κ3) is 3.32. The molecule has 18 heavy (non-hydrogen) atoms. The first kappa shape index (κ1) is 13.1. The average molecular weight is 244 g/mol. The molecule has 1 N–H and O–H groups in total. The van der Waals surface area contributed by atoms with Gasteiger partial charge in [-0.1, -0.05) is 19.1 Å². The molecule has 1 fully saturated rings. The van der Waals surface area contributed by atoms with Crippen LogP contribution in [0.2, 0.25) is 0 Å². The van der Waals surface area contributed by atoms with Crippen LogP contribution in [-0.2, 0) is 11.2 Å². The van der Waals surface area contributed by atoms with Gasteiger partial charge in [0.25, 0.3) is 0 Å². The van der Waals surface area contributed by atoms with Crippen LogP contribution >= 0.6 is 0 Å². The number of nitriles is 1. The zero-order valence-corrected chi connectivity index (χ0v) is 10.9. The van der Waals surface area contributed by atoms with Gasteiger partial charge in [-0.05, 0) is 37.1 Å². The van der Waals surface area contributed by atoms with Gasteiger partial charge in [-0.25, -0.2) is 0 Å². The van der Waals surface area contributed by atoms with Crippen molar-refractivity contribution in [3.05, 3.63) is 35.4 Å². The molecule has 1 heterocycles. The van der Waals surface area contributed by atoms with Crippen molar-refractivity contribution < 1.29 is 4.74 Å². The van der Waals surface area contributed by atoms with E-state index in [1.807, 2.05) is 12.1 Å². The van der Waals surface area contributed by atoms with Crippen molar-refractivity contribution in [3.63, 3.8) is 0 Å². The van der Waals surface area contributed by atoms with E-state index in [1.54, 1.807) is 0 Å². The highest BCUT2D eigenvalue weighted by Gasteiger charge is 2.24. The van der Waals surface area contributed by atoms with Crippen LogP contribution < -0.4 is 5.32 Å². The molecule has 0 amide bonds. The molecule has 1 aliphatic rings. The maximum atomic E-state index is 8.78. The van der Waals surface area contributed by atoms with Gasteiger partial charge in [-0.2, -0.15) is 5.26 Å². The number of hydrogen-bond acceptors (Lipinski definition) is 3. The Morgan fingerprint density at radius 3 is 2.83 bits per heavy atom. The molecule has 2 atom stereocenters. The van der Waals surface area contributed by atoms with Crippen molar-refractivity contribution in [2.24, 2.45) is 5.92 Å². The Bertz CT molecular complexity index is 405. The standard InChI is InChI=1S/C15H20N2O/c1-2-17-15-7-8-18-11-14(15)9-12-3-5-13(10-16)6-4-12/h3-6,14-15,17H,2,7-9,11H2,1H3. The van der Waals surface area contributed by atoms with Gasteiger partial charge >= 0.3 is 0 Å². The number of rotatable bonds is 4. The lowest BCUT2D eigenvalue weighted by molar-refractivity contribution is 0.0327. The topological polar surface area (TPSA) is 45.0 Å². The lowest BCUT2D eigenvalue weighted by Crippen LogP contribution is -2.43. The van der Waals surface area contributed by atoms with Crippen molar-refractivity contribution in [2.45, 2.75) is 25.8 Å². The fraction of sp³-hybridized carbons (Fsp3) is 0.533. The summed E-state index contributed by atoms with van der Waals surface area (Å²) in [6, 6.07) is 10.6. The van der Waals surface area contributed by atoms with E-state index in [1.165, 1.54) is 5.56 Å². The van der Waals surface area contributed by atoms with Crippen molar-refractivity contribution >= 4 is 0 Å². The lowest BCUT2D eigenvalue weighted by atomic mass is 9.89. The Morgan fingerprint density at radius 1 is 1.39 bits per heavy atom. The second-order valence-corrected chi connectivity index (χ2v) is 4.80. The first-order chi connectivity index (χ1) is 8.83. The molecule has 0 saturated carbocycles. The van der Waals surface area contributed by atoms with Gasteiger partial charge in [-0.15, -0.1) is 0 Å². The van der Waals surface area contributed by atoms with Crippen LogP contribution in [0.3, 0.4) is 0 Å². The summed E-state index contributed by atoms with van der Waals surface area (Å²) in [7, 11) is 0. The summed E-state index contributed by atoms with van der Waals surface area (Å²) in [5.74, 6) is 0.534. The van der Waals surface area contributed by atoms with Crippen LogP contribution in [0.25, 0.3) is 0 Å². The lowest BCUT2D eigenvalue weighted by Gasteiger charge is -2.32. The second-order valence-electron chi connectivity index (χ2n) is 4.80. The molecule has 96 valence electrons. The third-order valence-corrected chi connectivity index (χ3v) is 3.52. The highest BCUT2D eigenvalue weighted by Crippen LogP contribution is 2.20. The zero-order valence-electron chi connectivity index (χ0n) is 10.9. The number of nitrogens with one attached hydrogen (secondary N) is 1. The molecule has 0 aromatic heterocycles. The molecule has 3 heteroatoms. The van der Waals surface area contributed by atoms with Crippen LogP contribution in [0.1, 0.15) is 24.5 Å². The Morgan fingerprint density at radius 2 is 2.17 bits per heavy atom. The summed E-state index contributed by atoms with van der Waals surface area (Å²) < 4.78 is 5.58. The zero-order chi connectivity index (χ0) is 12.8. The molecule has 0 spiro atoms. The number of ether oxygens (including phenoxy) is 1. The third-order valence-electron chi connectivity index (χ3n) is 3.52. The minimum Gasteiger partial charge on any atom is -0.381 e. The van der Waals surface area contributed by atoms with Gasteiger partial charge in [0.15, 0.2) is 0 Å². The molecule has 3 nitrogen and oxygen atoms in total. The van der Waals surface area contributed by atoms with Crippen LogP contribution in [0.4, 0.5) is 0 Å². The summed E-state index contributed by atoms with van der Waals surface area (Å²) in [6.45, 7) is 4.85. The van der Waals surface area contributed by atoms with E-state index in [-0.39, 0.29) is 0 Å². The SMILES string of the molecule is CCNC1CCOCC1Cc1ccc(C#N)cc1. The molecule has 2 rings (SSSR count). The second kappa shape index (κ2) is 6.53. The highest BCUT2D eigenvalue weighted by molar-refractivity contribution is 5.31. The monoisotopic (exact) mass is 244 g/mol. The van der Waals surface area contributed by atoms with Crippen molar-refractivity contribution in [1.82, 2.24) is 5.32 Å². The largest absolute Gasteiger partial charge is 0.381 e. The summed E-state index contributed by atoms with van der Waals surface area (Å²) in [6.07, 6.45) is 2.11. The molecule has 1 saturated heterocycles. The van der Waals surface area contributed by atoms with E-state index < -0.39 is 0 Å². The first-order valence-electron chi connectivity index (χ1n) is 6.63. The molecule has 0 radical (unpaired) electrons. The minimum atomic E-state index is 0.534.